The first kappa shape index (κ1) is 15.4. The predicted molar refractivity (Wildman–Crippen MR) is 91.1 cm³/mol. The van der Waals surface area contributed by atoms with Crippen LogP contribution in [0.25, 0.3) is 0 Å². The molecule has 2 aromatic heterocycles. The van der Waals surface area contributed by atoms with Gasteiger partial charge in [0, 0.05) is 51.3 Å². The van der Waals surface area contributed by atoms with Crippen LogP contribution >= 0.6 is 0 Å². The molecule has 6 nitrogen and oxygen atoms in total. The number of aliphatic imine (C=N–C) groups is 1. The molecule has 0 saturated carbocycles. The fraction of sp³-hybridized carbons (Fsp3) is 0.556. The molecular weight excluding hydrogens is 302 g/mol. The second-order valence-electron chi connectivity index (χ2n) is 6.65. The zero-order valence-electron chi connectivity index (χ0n) is 14.4. The standard InChI is InChI=1S/C18H23N5O/c1-12-17(21-13(2)24-12)11-23-8-6-15-14(10-23)9-20-18(22-15)16-5-3-4-7-19-16/h9H,3-8,10-11H2,1-2H3. The Bertz CT molecular complexity index is 780. The molecule has 2 aliphatic rings. The van der Waals surface area contributed by atoms with Gasteiger partial charge in [0.15, 0.2) is 11.7 Å². The predicted octanol–water partition coefficient (Wildman–Crippen LogP) is 2.61. The van der Waals surface area contributed by atoms with Crippen LogP contribution in [0, 0.1) is 13.8 Å². The molecule has 0 amide bonds. The molecule has 2 aromatic rings. The van der Waals surface area contributed by atoms with Crippen molar-refractivity contribution in [3.8, 4) is 0 Å². The minimum absolute atomic E-state index is 0.737. The van der Waals surface area contributed by atoms with E-state index in [0.29, 0.717) is 0 Å². The highest BCUT2D eigenvalue weighted by Crippen LogP contribution is 2.21. The van der Waals surface area contributed by atoms with Crippen molar-refractivity contribution >= 4 is 5.71 Å². The van der Waals surface area contributed by atoms with Crippen LogP contribution in [0.5, 0.6) is 0 Å². The lowest BCUT2D eigenvalue weighted by Gasteiger charge is -2.27. The fourth-order valence-corrected chi connectivity index (χ4v) is 3.46. The summed E-state index contributed by atoms with van der Waals surface area (Å²) in [5.41, 5.74) is 4.52. The minimum atomic E-state index is 0.737. The molecule has 0 atom stereocenters. The molecule has 0 saturated heterocycles. The van der Waals surface area contributed by atoms with Crippen LogP contribution < -0.4 is 0 Å². The van der Waals surface area contributed by atoms with Crippen molar-refractivity contribution in [2.75, 3.05) is 13.1 Å². The van der Waals surface area contributed by atoms with Crippen LogP contribution in [0.2, 0.25) is 0 Å². The fourth-order valence-electron chi connectivity index (χ4n) is 3.46. The van der Waals surface area contributed by atoms with Crippen molar-refractivity contribution < 1.29 is 4.42 Å². The van der Waals surface area contributed by atoms with Crippen LogP contribution in [0.4, 0.5) is 0 Å². The van der Waals surface area contributed by atoms with E-state index in [0.717, 1.165) is 67.9 Å². The second-order valence-corrected chi connectivity index (χ2v) is 6.65. The van der Waals surface area contributed by atoms with Gasteiger partial charge in [-0.2, -0.15) is 0 Å². The van der Waals surface area contributed by atoms with Crippen LogP contribution in [-0.4, -0.2) is 38.7 Å². The van der Waals surface area contributed by atoms with Crippen molar-refractivity contribution in [3.63, 3.8) is 0 Å². The Morgan fingerprint density at radius 3 is 2.83 bits per heavy atom. The van der Waals surface area contributed by atoms with E-state index in [4.69, 9.17) is 9.40 Å². The molecule has 4 rings (SSSR count). The van der Waals surface area contributed by atoms with E-state index in [1.807, 2.05) is 20.0 Å². The third-order valence-electron chi connectivity index (χ3n) is 4.77. The first-order chi connectivity index (χ1) is 11.7. The summed E-state index contributed by atoms with van der Waals surface area (Å²) in [5.74, 6) is 2.49. The van der Waals surface area contributed by atoms with E-state index in [-0.39, 0.29) is 0 Å². The van der Waals surface area contributed by atoms with E-state index in [1.54, 1.807) is 0 Å². The molecule has 126 valence electrons. The van der Waals surface area contributed by atoms with Gasteiger partial charge in [-0.25, -0.2) is 15.0 Å². The van der Waals surface area contributed by atoms with E-state index in [2.05, 4.69) is 19.9 Å². The Morgan fingerprint density at radius 1 is 1.17 bits per heavy atom. The van der Waals surface area contributed by atoms with E-state index in [9.17, 15) is 0 Å². The Balaban J connectivity index is 1.49. The number of hydrogen-bond acceptors (Lipinski definition) is 6. The lowest BCUT2D eigenvalue weighted by molar-refractivity contribution is 0.239. The van der Waals surface area contributed by atoms with Crippen molar-refractivity contribution in [3.05, 3.63) is 40.6 Å². The molecule has 0 aliphatic carbocycles. The monoisotopic (exact) mass is 325 g/mol. The average Bonchev–Trinajstić information content (AvgIpc) is 2.92. The Hall–Kier alpha value is -2.08. The third kappa shape index (κ3) is 3.11. The zero-order chi connectivity index (χ0) is 16.5. The first-order valence-electron chi connectivity index (χ1n) is 8.73. The van der Waals surface area contributed by atoms with Gasteiger partial charge in [0.2, 0.25) is 0 Å². The quantitative estimate of drug-likeness (QED) is 0.868. The largest absolute Gasteiger partial charge is 0.446 e. The van der Waals surface area contributed by atoms with Gasteiger partial charge < -0.3 is 4.42 Å². The average molecular weight is 325 g/mol. The first-order valence-corrected chi connectivity index (χ1v) is 8.73. The number of nitrogens with zero attached hydrogens (tertiary/aromatic N) is 5. The molecule has 4 heterocycles. The molecule has 0 unspecified atom stereocenters. The summed E-state index contributed by atoms with van der Waals surface area (Å²) in [4.78, 5) is 20.8. The molecule has 2 aliphatic heterocycles. The number of hydrogen-bond donors (Lipinski definition) is 0. The van der Waals surface area contributed by atoms with Gasteiger partial charge >= 0.3 is 0 Å². The SMILES string of the molecule is Cc1nc(CN2CCc3nc(C4=NCCCC4)ncc3C2)c(C)o1. The molecule has 6 heteroatoms. The number of oxazole rings is 1. The minimum Gasteiger partial charge on any atom is -0.446 e. The Labute approximate surface area is 142 Å². The highest BCUT2D eigenvalue weighted by molar-refractivity contribution is 5.97. The Kier molecular flexibility index (Phi) is 4.14. The van der Waals surface area contributed by atoms with Crippen molar-refractivity contribution in [2.45, 2.75) is 52.6 Å². The smallest absolute Gasteiger partial charge is 0.191 e. The van der Waals surface area contributed by atoms with E-state index in [1.165, 1.54) is 24.1 Å². The molecule has 0 fully saturated rings. The number of rotatable bonds is 3. The van der Waals surface area contributed by atoms with Crippen molar-refractivity contribution in [1.29, 1.82) is 0 Å². The van der Waals surface area contributed by atoms with Crippen LogP contribution in [0.1, 0.15) is 53.7 Å². The topological polar surface area (TPSA) is 67.4 Å². The van der Waals surface area contributed by atoms with Gasteiger partial charge in [0.1, 0.15) is 5.76 Å². The van der Waals surface area contributed by atoms with Crippen molar-refractivity contribution in [2.24, 2.45) is 4.99 Å². The summed E-state index contributed by atoms with van der Waals surface area (Å²) in [6.07, 6.45) is 6.33. The third-order valence-corrected chi connectivity index (χ3v) is 4.77. The maximum absolute atomic E-state index is 5.53. The van der Waals surface area contributed by atoms with E-state index >= 15 is 0 Å². The molecule has 0 N–H and O–H groups in total. The highest BCUT2D eigenvalue weighted by atomic mass is 16.4. The molecule has 0 radical (unpaired) electrons. The summed E-state index contributed by atoms with van der Waals surface area (Å²) in [5, 5.41) is 0. The normalized spacial score (nSPS) is 18.3. The van der Waals surface area contributed by atoms with Gasteiger partial charge in [0.25, 0.3) is 0 Å². The second kappa shape index (κ2) is 6.43. The van der Waals surface area contributed by atoms with Crippen LogP contribution in [0.3, 0.4) is 0 Å². The molecule has 0 spiro atoms. The Morgan fingerprint density at radius 2 is 2.08 bits per heavy atom. The van der Waals surface area contributed by atoms with Crippen LogP contribution in [-0.2, 0) is 19.5 Å². The van der Waals surface area contributed by atoms with Crippen molar-refractivity contribution in [1.82, 2.24) is 19.9 Å². The van der Waals surface area contributed by atoms with Gasteiger partial charge in [-0.15, -0.1) is 0 Å². The maximum atomic E-state index is 5.53. The lowest BCUT2D eigenvalue weighted by atomic mass is 10.1. The summed E-state index contributed by atoms with van der Waals surface area (Å²) >= 11 is 0. The highest BCUT2D eigenvalue weighted by Gasteiger charge is 2.21. The van der Waals surface area contributed by atoms with E-state index < -0.39 is 0 Å². The number of aryl methyl sites for hydroxylation is 2. The number of aromatic nitrogens is 3. The van der Waals surface area contributed by atoms with Gasteiger partial charge in [-0.1, -0.05) is 0 Å². The maximum Gasteiger partial charge on any atom is 0.191 e. The van der Waals surface area contributed by atoms with Gasteiger partial charge in [0.05, 0.1) is 17.1 Å². The van der Waals surface area contributed by atoms with Gasteiger partial charge in [-0.05, 0) is 26.2 Å². The summed E-state index contributed by atoms with van der Waals surface area (Å²) in [6.45, 7) is 7.46. The zero-order valence-corrected chi connectivity index (χ0v) is 14.4. The molecular formula is C18H23N5O. The summed E-state index contributed by atoms with van der Waals surface area (Å²) < 4.78 is 5.53. The molecule has 0 aromatic carbocycles. The van der Waals surface area contributed by atoms with Crippen LogP contribution in [0.15, 0.2) is 15.6 Å². The molecule has 24 heavy (non-hydrogen) atoms. The molecule has 0 bridgehead atoms. The summed E-state index contributed by atoms with van der Waals surface area (Å²) in [6, 6.07) is 0. The summed E-state index contributed by atoms with van der Waals surface area (Å²) in [7, 11) is 0. The van der Waals surface area contributed by atoms with Gasteiger partial charge in [-0.3, -0.25) is 9.89 Å². The number of fused-ring (bicyclic) bond motifs is 1. The lowest BCUT2D eigenvalue weighted by Crippen LogP contribution is -2.31.